The zero-order chi connectivity index (χ0) is 34.2. The maximum atomic E-state index is 6.48. The number of benzene rings is 8. The van der Waals surface area contributed by atoms with Gasteiger partial charge in [0, 0.05) is 21.8 Å². The van der Waals surface area contributed by atoms with Crippen molar-refractivity contribution in [2.45, 2.75) is 5.54 Å². The van der Waals surface area contributed by atoms with Crippen molar-refractivity contribution < 1.29 is 4.42 Å². The van der Waals surface area contributed by atoms with Crippen molar-refractivity contribution >= 4 is 60.8 Å². The topological polar surface area (TPSA) is 21.3 Å². The van der Waals surface area contributed by atoms with Crippen LogP contribution in [0.2, 0.25) is 0 Å². The Morgan fingerprint density at radius 1 is 0.423 bits per heavy atom. The fraction of sp³-hybridized carbons (Fsp3) is 0.0204. The van der Waals surface area contributed by atoms with Crippen LogP contribution in [0.1, 0.15) is 16.7 Å². The van der Waals surface area contributed by atoms with Crippen LogP contribution in [-0.4, -0.2) is 4.57 Å². The molecule has 0 unspecified atom stereocenters. The van der Waals surface area contributed by atoms with E-state index in [1.54, 1.807) is 0 Å². The van der Waals surface area contributed by atoms with Gasteiger partial charge in [-0.05, 0) is 70.3 Å². The number of hydrogen-bond donors (Lipinski definition) is 0. The Morgan fingerprint density at radius 3 is 1.75 bits per heavy atom. The van der Waals surface area contributed by atoms with Gasteiger partial charge in [-0.3, -0.25) is 0 Å². The highest BCUT2D eigenvalue weighted by Gasteiger charge is 2.48. The summed E-state index contributed by atoms with van der Waals surface area (Å²) in [6.07, 6.45) is 0. The third-order valence-corrected chi connectivity index (χ3v) is 11.0. The molecule has 1 aliphatic rings. The first kappa shape index (κ1) is 28.9. The minimum Gasteiger partial charge on any atom is -0.456 e. The molecular weight excluding hydrogens is 633 g/mol. The summed E-state index contributed by atoms with van der Waals surface area (Å²) >= 11 is 0. The molecule has 0 saturated heterocycles. The van der Waals surface area contributed by atoms with E-state index in [0.29, 0.717) is 0 Å². The maximum absolute atomic E-state index is 6.48. The molecule has 0 aliphatic heterocycles. The van der Waals surface area contributed by atoms with E-state index < -0.39 is 5.54 Å². The third-order valence-electron chi connectivity index (χ3n) is 11.0. The van der Waals surface area contributed by atoms with Gasteiger partial charge in [0.25, 0.3) is 0 Å². The van der Waals surface area contributed by atoms with Crippen molar-refractivity contribution in [2.75, 3.05) is 4.90 Å². The lowest BCUT2D eigenvalue weighted by atomic mass is 9.80. The van der Waals surface area contributed by atoms with Gasteiger partial charge in [0.2, 0.25) is 0 Å². The molecule has 3 heteroatoms. The summed E-state index contributed by atoms with van der Waals surface area (Å²) in [7, 11) is 0. The summed E-state index contributed by atoms with van der Waals surface area (Å²) in [5.41, 5.74) is 13.0. The van der Waals surface area contributed by atoms with Crippen LogP contribution >= 0.6 is 0 Å². The van der Waals surface area contributed by atoms with Gasteiger partial charge in [0.1, 0.15) is 16.7 Å². The summed E-state index contributed by atoms with van der Waals surface area (Å²) < 4.78 is 9.12. The van der Waals surface area contributed by atoms with Crippen molar-refractivity contribution in [1.29, 1.82) is 0 Å². The minimum absolute atomic E-state index is 0.664. The molecule has 244 valence electrons. The highest BCUT2D eigenvalue weighted by Crippen LogP contribution is 2.57. The van der Waals surface area contributed by atoms with Gasteiger partial charge in [0.05, 0.1) is 27.8 Å². The van der Waals surface area contributed by atoms with E-state index in [-0.39, 0.29) is 0 Å². The first-order valence-corrected chi connectivity index (χ1v) is 17.9. The summed E-state index contributed by atoms with van der Waals surface area (Å²) in [5.74, 6) is 0. The number of aromatic nitrogens is 1. The first-order chi connectivity index (χ1) is 25.8. The van der Waals surface area contributed by atoms with Gasteiger partial charge < -0.3 is 13.9 Å². The Balaban J connectivity index is 1.35. The second-order valence-corrected chi connectivity index (χ2v) is 13.6. The second-order valence-electron chi connectivity index (χ2n) is 13.6. The van der Waals surface area contributed by atoms with Gasteiger partial charge in [0.15, 0.2) is 0 Å². The molecule has 1 aliphatic carbocycles. The van der Waals surface area contributed by atoms with Gasteiger partial charge >= 0.3 is 0 Å². The Kier molecular flexibility index (Phi) is 6.17. The Labute approximate surface area is 301 Å². The molecule has 10 aromatic rings. The SMILES string of the molecule is c1ccc(N(c2cccc3oc4ccccc4c23)c2cccc3c4ccccc4n(C4(c5ccccc5)c5ccccc5-c5ccccc54)c23)cc1. The van der Waals surface area contributed by atoms with E-state index in [9.17, 15) is 0 Å². The highest BCUT2D eigenvalue weighted by atomic mass is 16.3. The molecule has 0 fully saturated rings. The molecule has 0 N–H and O–H groups in total. The molecule has 2 heterocycles. The monoisotopic (exact) mass is 664 g/mol. The molecule has 0 amide bonds. The molecule has 0 saturated carbocycles. The Hall–Kier alpha value is -6.84. The maximum Gasteiger partial charge on any atom is 0.137 e. The second kappa shape index (κ2) is 11.1. The van der Waals surface area contributed by atoms with Crippen molar-refractivity contribution in [3.05, 3.63) is 211 Å². The minimum atomic E-state index is -0.664. The van der Waals surface area contributed by atoms with Gasteiger partial charge in [-0.15, -0.1) is 0 Å². The Bertz CT molecular complexity index is 2930. The predicted molar refractivity (Wildman–Crippen MR) is 215 cm³/mol. The van der Waals surface area contributed by atoms with Crippen molar-refractivity contribution in [2.24, 2.45) is 0 Å². The highest BCUT2D eigenvalue weighted by molar-refractivity contribution is 6.17. The lowest BCUT2D eigenvalue weighted by Crippen LogP contribution is -2.36. The summed E-state index contributed by atoms with van der Waals surface area (Å²) in [6, 6.07) is 70.3. The molecule has 2 aromatic heterocycles. The molecule has 0 spiro atoms. The normalized spacial score (nSPS) is 13.2. The molecule has 0 radical (unpaired) electrons. The molecule has 0 bridgehead atoms. The van der Waals surface area contributed by atoms with Crippen LogP contribution in [0.4, 0.5) is 17.1 Å². The molecule has 0 atom stereocenters. The van der Waals surface area contributed by atoms with E-state index in [0.717, 1.165) is 44.5 Å². The lowest BCUT2D eigenvalue weighted by molar-refractivity contribution is 0.564. The number of anilines is 3. The fourth-order valence-electron chi connectivity index (χ4n) is 9.03. The fourth-order valence-corrected chi connectivity index (χ4v) is 9.03. The van der Waals surface area contributed by atoms with Crippen molar-refractivity contribution in [3.8, 4) is 11.1 Å². The van der Waals surface area contributed by atoms with Crippen LogP contribution in [0, 0.1) is 0 Å². The van der Waals surface area contributed by atoms with Gasteiger partial charge in [-0.25, -0.2) is 0 Å². The van der Waals surface area contributed by atoms with Crippen LogP contribution in [0.25, 0.3) is 54.9 Å². The van der Waals surface area contributed by atoms with Crippen molar-refractivity contribution in [3.63, 3.8) is 0 Å². The van der Waals surface area contributed by atoms with E-state index >= 15 is 0 Å². The zero-order valence-corrected chi connectivity index (χ0v) is 28.3. The molecule has 11 rings (SSSR count). The number of hydrogen-bond acceptors (Lipinski definition) is 2. The smallest absolute Gasteiger partial charge is 0.137 e. The number of furan rings is 1. The quantitative estimate of drug-likeness (QED) is 0.183. The average molecular weight is 665 g/mol. The molecule has 8 aromatic carbocycles. The van der Waals surface area contributed by atoms with Crippen LogP contribution in [0.15, 0.2) is 199 Å². The van der Waals surface area contributed by atoms with E-state index in [2.05, 4.69) is 198 Å². The number of para-hydroxylation sites is 4. The number of nitrogens with zero attached hydrogens (tertiary/aromatic N) is 2. The van der Waals surface area contributed by atoms with Crippen molar-refractivity contribution in [1.82, 2.24) is 4.57 Å². The average Bonchev–Trinajstić information content (AvgIpc) is 3.86. The first-order valence-electron chi connectivity index (χ1n) is 17.9. The summed E-state index contributed by atoms with van der Waals surface area (Å²) in [4.78, 5) is 2.44. The van der Waals surface area contributed by atoms with E-state index in [1.807, 2.05) is 6.07 Å². The Morgan fingerprint density at radius 2 is 0.981 bits per heavy atom. The largest absolute Gasteiger partial charge is 0.456 e. The number of fused-ring (bicyclic) bond motifs is 9. The number of rotatable bonds is 5. The van der Waals surface area contributed by atoms with Crippen LogP contribution < -0.4 is 4.90 Å². The standard InChI is InChI=1S/C49H32N2O/c1-3-17-33(18-4-1)49(40-26-11-7-21-35(40)36-22-8-12-27-41(36)49)51-42-28-13-9-23-37(42)38-25-15-30-44(48(38)51)50(34-19-5-2-6-20-34)43-29-16-32-46-47(43)39-24-10-14-31-45(39)52-46/h1-32H. The predicted octanol–water partition coefficient (Wildman–Crippen LogP) is 13.0. The molecular formula is C49H32N2O. The summed E-state index contributed by atoms with van der Waals surface area (Å²) in [5, 5.41) is 4.61. The molecule has 3 nitrogen and oxygen atoms in total. The van der Waals surface area contributed by atoms with Gasteiger partial charge in [-0.2, -0.15) is 0 Å². The summed E-state index contributed by atoms with van der Waals surface area (Å²) in [6.45, 7) is 0. The zero-order valence-electron chi connectivity index (χ0n) is 28.3. The lowest BCUT2D eigenvalue weighted by Gasteiger charge is -2.37. The van der Waals surface area contributed by atoms with E-state index in [4.69, 9.17) is 4.42 Å². The van der Waals surface area contributed by atoms with Gasteiger partial charge in [-0.1, -0.05) is 152 Å². The van der Waals surface area contributed by atoms with Crippen LogP contribution in [0.5, 0.6) is 0 Å². The molecule has 52 heavy (non-hydrogen) atoms. The van der Waals surface area contributed by atoms with Crippen LogP contribution in [-0.2, 0) is 5.54 Å². The van der Waals surface area contributed by atoms with E-state index in [1.165, 1.54) is 44.1 Å². The van der Waals surface area contributed by atoms with Crippen LogP contribution in [0.3, 0.4) is 0 Å². The third kappa shape index (κ3) is 3.85.